The molecular weight excluding hydrogens is 284 g/mol. The van der Waals surface area contributed by atoms with Crippen molar-refractivity contribution < 1.29 is 9.63 Å². The summed E-state index contributed by atoms with van der Waals surface area (Å²) in [7, 11) is 0. The summed E-state index contributed by atoms with van der Waals surface area (Å²) in [6.45, 7) is 5.72. The number of phenols is 1. The molecule has 0 saturated carbocycles. The molecule has 0 aliphatic heterocycles. The maximum absolute atomic E-state index is 10.2. The van der Waals surface area contributed by atoms with Gasteiger partial charge in [-0.2, -0.15) is 0 Å². The number of anilines is 1. The number of aromatic hydroxyl groups is 1. The van der Waals surface area contributed by atoms with Gasteiger partial charge >= 0.3 is 0 Å². The molecule has 0 spiro atoms. The minimum atomic E-state index is 0.208. The number of hydrogen-bond acceptors (Lipinski definition) is 4. The monoisotopic (exact) mass is 296 g/mol. The lowest BCUT2D eigenvalue weighted by Crippen LogP contribution is -1.93. The fraction of sp³-hybridized carbons (Fsp3) is 0.250. The number of phenolic OH excluding ortho intramolecular Hbond substituents is 1. The molecule has 0 radical (unpaired) electrons. The van der Waals surface area contributed by atoms with Gasteiger partial charge in [0.05, 0.1) is 5.56 Å². The summed E-state index contributed by atoms with van der Waals surface area (Å²) >= 11 is 3.51. The summed E-state index contributed by atoms with van der Waals surface area (Å²) in [5.41, 5.74) is 8.88. The minimum Gasteiger partial charge on any atom is -0.507 e. The molecule has 2 aromatic rings. The van der Waals surface area contributed by atoms with Gasteiger partial charge in [-0.1, -0.05) is 21.1 Å². The van der Waals surface area contributed by atoms with E-state index in [0.717, 1.165) is 21.2 Å². The van der Waals surface area contributed by atoms with Crippen LogP contribution in [0.1, 0.15) is 16.7 Å². The van der Waals surface area contributed by atoms with E-state index in [9.17, 15) is 5.11 Å². The molecule has 1 aromatic carbocycles. The van der Waals surface area contributed by atoms with E-state index < -0.39 is 0 Å². The van der Waals surface area contributed by atoms with Crippen molar-refractivity contribution >= 4 is 21.7 Å². The molecular formula is C12H13BrN2O2. The van der Waals surface area contributed by atoms with Crippen molar-refractivity contribution in [3.63, 3.8) is 0 Å². The Morgan fingerprint density at radius 3 is 2.41 bits per heavy atom. The van der Waals surface area contributed by atoms with Crippen LogP contribution in [0.2, 0.25) is 0 Å². The maximum Gasteiger partial charge on any atom is 0.173 e. The average molecular weight is 297 g/mol. The Bertz CT molecular complexity index is 561. The highest BCUT2D eigenvalue weighted by Crippen LogP contribution is 2.41. The lowest BCUT2D eigenvalue weighted by atomic mass is 9.97. The third kappa shape index (κ3) is 1.80. The van der Waals surface area contributed by atoms with Crippen LogP contribution in [0.25, 0.3) is 11.3 Å². The van der Waals surface area contributed by atoms with Gasteiger partial charge in [0.15, 0.2) is 11.6 Å². The van der Waals surface area contributed by atoms with Crippen LogP contribution in [-0.4, -0.2) is 10.3 Å². The zero-order valence-corrected chi connectivity index (χ0v) is 11.4. The first kappa shape index (κ1) is 12.0. The molecule has 5 heteroatoms. The van der Waals surface area contributed by atoms with Crippen molar-refractivity contribution in [2.75, 3.05) is 5.73 Å². The van der Waals surface area contributed by atoms with Crippen molar-refractivity contribution in [2.45, 2.75) is 20.8 Å². The molecule has 2 rings (SSSR count). The van der Waals surface area contributed by atoms with Crippen molar-refractivity contribution in [2.24, 2.45) is 0 Å². The predicted octanol–water partition coefficient (Wildman–Crippen LogP) is 3.32. The van der Waals surface area contributed by atoms with E-state index in [-0.39, 0.29) is 5.75 Å². The highest BCUT2D eigenvalue weighted by Gasteiger charge is 2.19. The van der Waals surface area contributed by atoms with E-state index in [0.29, 0.717) is 17.1 Å². The Morgan fingerprint density at radius 1 is 1.24 bits per heavy atom. The highest BCUT2D eigenvalue weighted by molar-refractivity contribution is 9.10. The third-order valence-electron chi connectivity index (χ3n) is 2.96. The SMILES string of the molecule is Cc1c(C)c(Br)c(C)c(-c2cc(N)no2)c1O. The molecule has 3 N–H and O–H groups in total. The summed E-state index contributed by atoms with van der Waals surface area (Å²) in [6.07, 6.45) is 0. The maximum atomic E-state index is 10.2. The van der Waals surface area contributed by atoms with Crippen molar-refractivity contribution in [3.8, 4) is 17.1 Å². The molecule has 0 bridgehead atoms. The van der Waals surface area contributed by atoms with Crippen LogP contribution in [0, 0.1) is 20.8 Å². The number of aromatic nitrogens is 1. The summed E-state index contributed by atoms with van der Waals surface area (Å²) < 4.78 is 6.06. The van der Waals surface area contributed by atoms with Crippen LogP contribution in [0.4, 0.5) is 5.82 Å². The number of halogens is 1. The normalized spacial score (nSPS) is 10.8. The molecule has 1 aromatic heterocycles. The van der Waals surface area contributed by atoms with E-state index in [4.69, 9.17) is 10.3 Å². The summed E-state index contributed by atoms with van der Waals surface area (Å²) in [4.78, 5) is 0. The largest absolute Gasteiger partial charge is 0.507 e. The van der Waals surface area contributed by atoms with E-state index in [2.05, 4.69) is 21.1 Å². The number of nitrogen functional groups attached to an aromatic ring is 1. The quantitative estimate of drug-likeness (QED) is 0.847. The second-order valence-electron chi connectivity index (χ2n) is 4.03. The zero-order valence-electron chi connectivity index (χ0n) is 9.84. The van der Waals surface area contributed by atoms with Crippen LogP contribution in [0.5, 0.6) is 5.75 Å². The smallest absolute Gasteiger partial charge is 0.173 e. The second kappa shape index (κ2) is 4.07. The van der Waals surface area contributed by atoms with Gasteiger partial charge in [-0.15, -0.1) is 0 Å². The van der Waals surface area contributed by atoms with Crippen LogP contribution in [-0.2, 0) is 0 Å². The molecule has 0 aliphatic carbocycles. The topological polar surface area (TPSA) is 72.3 Å². The molecule has 0 unspecified atom stereocenters. The van der Waals surface area contributed by atoms with E-state index >= 15 is 0 Å². The Hall–Kier alpha value is -1.49. The van der Waals surface area contributed by atoms with Crippen LogP contribution >= 0.6 is 15.9 Å². The number of nitrogens with two attached hydrogens (primary N) is 1. The van der Waals surface area contributed by atoms with E-state index in [1.165, 1.54) is 0 Å². The summed E-state index contributed by atoms with van der Waals surface area (Å²) in [5, 5.41) is 13.8. The van der Waals surface area contributed by atoms with Crippen LogP contribution < -0.4 is 5.73 Å². The molecule has 0 aliphatic rings. The van der Waals surface area contributed by atoms with Gasteiger partial charge in [0.1, 0.15) is 5.75 Å². The molecule has 0 amide bonds. The molecule has 1 heterocycles. The van der Waals surface area contributed by atoms with Crippen molar-refractivity contribution in [1.29, 1.82) is 0 Å². The van der Waals surface area contributed by atoms with Gasteiger partial charge in [-0.3, -0.25) is 0 Å². The highest BCUT2D eigenvalue weighted by atomic mass is 79.9. The first-order valence-electron chi connectivity index (χ1n) is 5.14. The van der Waals surface area contributed by atoms with Gasteiger partial charge in [0.2, 0.25) is 0 Å². The summed E-state index contributed by atoms with van der Waals surface area (Å²) in [6, 6.07) is 1.60. The van der Waals surface area contributed by atoms with Crippen LogP contribution in [0.15, 0.2) is 15.1 Å². The fourth-order valence-corrected chi connectivity index (χ4v) is 2.30. The van der Waals surface area contributed by atoms with E-state index in [1.807, 2.05) is 20.8 Å². The lowest BCUT2D eigenvalue weighted by Gasteiger charge is -2.13. The molecule has 90 valence electrons. The summed E-state index contributed by atoms with van der Waals surface area (Å²) in [5.74, 6) is 0.980. The number of benzene rings is 1. The molecule has 0 saturated heterocycles. The van der Waals surface area contributed by atoms with Gasteiger partial charge in [-0.25, -0.2) is 0 Å². The fourth-order valence-electron chi connectivity index (χ4n) is 1.81. The second-order valence-corrected chi connectivity index (χ2v) is 4.82. The molecule has 0 fully saturated rings. The van der Waals surface area contributed by atoms with Gasteiger partial charge in [-0.05, 0) is 37.5 Å². The Morgan fingerprint density at radius 2 is 1.88 bits per heavy atom. The first-order chi connectivity index (χ1) is 7.93. The Labute approximate surface area is 108 Å². The van der Waals surface area contributed by atoms with Crippen molar-refractivity contribution in [1.82, 2.24) is 5.16 Å². The van der Waals surface area contributed by atoms with E-state index in [1.54, 1.807) is 6.07 Å². The first-order valence-corrected chi connectivity index (χ1v) is 5.93. The standard InChI is InChI=1S/C12H13BrN2O2/c1-5-6(2)12(16)10(7(3)11(5)13)8-4-9(14)15-17-8/h4,16H,1-3H3,(H2,14,15). The molecule has 17 heavy (non-hydrogen) atoms. The number of rotatable bonds is 1. The number of hydrogen-bond donors (Lipinski definition) is 2. The van der Waals surface area contributed by atoms with Crippen molar-refractivity contribution in [3.05, 3.63) is 27.2 Å². The lowest BCUT2D eigenvalue weighted by molar-refractivity contribution is 0.428. The predicted molar refractivity (Wildman–Crippen MR) is 69.9 cm³/mol. The Balaban J connectivity index is 2.78. The van der Waals surface area contributed by atoms with Gasteiger partial charge in [0.25, 0.3) is 0 Å². The van der Waals surface area contributed by atoms with Gasteiger partial charge < -0.3 is 15.4 Å². The molecule has 4 nitrogen and oxygen atoms in total. The third-order valence-corrected chi connectivity index (χ3v) is 4.15. The van der Waals surface area contributed by atoms with Crippen LogP contribution in [0.3, 0.4) is 0 Å². The average Bonchev–Trinajstić information content (AvgIpc) is 2.71. The number of nitrogens with zero attached hydrogens (tertiary/aromatic N) is 1. The zero-order chi connectivity index (χ0) is 12.7. The van der Waals surface area contributed by atoms with Gasteiger partial charge in [0, 0.05) is 10.5 Å². The minimum absolute atomic E-state index is 0.208. The Kier molecular flexibility index (Phi) is 2.87. The molecule has 0 atom stereocenters.